The van der Waals surface area contributed by atoms with Crippen LogP contribution in [-0.2, 0) is 9.53 Å². The van der Waals surface area contributed by atoms with Crippen LogP contribution in [0.25, 0.3) is 5.69 Å². The van der Waals surface area contributed by atoms with Gasteiger partial charge >= 0.3 is 5.97 Å². The van der Waals surface area contributed by atoms with E-state index in [2.05, 4.69) is 5.10 Å². The van der Waals surface area contributed by atoms with Gasteiger partial charge in [-0.15, -0.1) is 0 Å². The number of esters is 1. The van der Waals surface area contributed by atoms with Crippen molar-refractivity contribution in [1.29, 1.82) is 0 Å². The largest absolute Gasteiger partial charge is 0.466 e. The normalized spacial score (nSPS) is 17.0. The number of rotatable bonds is 5. The number of carbonyl (C=O) groups excluding carboxylic acids is 2. The van der Waals surface area contributed by atoms with Crippen molar-refractivity contribution in [3.63, 3.8) is 0 Å². The van der Waals surface area contributed by atoms with Gasteiger partial charge in [0.05, 0.1) is 35.7 Å². The molecule has 1 unspecified atom stereocenters. The van der Waals surface area contributed by atoms with Gasteiger partial charge in [-0.1, -0.05) is 25.4 Å². The Kier molecular flexibility index (Phi) is 6.39. The van der Waals surface area contributed by atoms with E-state index in [9.17, 15) is 9.59 Å². The predicted molar refractivity (Wildman–Crippen MR) is 108 cm³/mol. The molecule has 0 bridgehead atoms. The molecular weight excluding hydrogens is 378 g/mol. The number of aromatic nitrogens is 2. The molecule has 1 amide bonds. The van der Waals surface area contributed by atoms with Gasteiger partial charge in [0.2, 0.25) is 0 Å². The number of nitrogens with zero attached hydrogens (tertiary/aromatic N) is 3. The van der Waals surface area contributed by atoms with Crippen LogP contribution >= 0.6 is 11.6 Å². The molecule has 2 aromatic rings. The van der Waals surface area contributed by atoms with Crippen molar-refractivity contribution in [3.8, 4) is 5.69 Å². The Morgan fingerprint density at radius 3 is 2.64 bits per heavy atom. The van der Waals surface area contributed by atoms with E-state index in [1.54, 1.807) is 34.8 Å². The monoisotopic (exact) mass is 403 g/mol. The van der Waals surface area contributed by atoms with Crippen LogP contribution in [-0.4, -0.2) is 46.3 Å². The highest BCUT2D eigenvalue weighted by Crippen LogP contribution is 2.27. The van der Waals surface area contributed by atoms with Crippen molar-refractivity contribution in [3.05, 3.63) is 46.7 Å². The molecule has 0 saturated carbocycles. The maximum absolute atomic E-state index is 13.2. The summed E-state index contributed by atoms with van der Waals surface area (Å²) in [4.78, 5) is 27.1. The molecule has 0 aliphatic carbocycles. The van der Waals surface area contributed by atoms with Gasteiger partial charge in [0, 0.05) is 18.1 Å². The van der Waals surface area contributed by atoms with Crippen LogP contribution in [0.4, 0.5) is 0 Å². The third-order valence-corrected chi connectivity index (χ3v) is 5.24. The summed E-state index contributed by atoms with van der Waals surface area (Å²) < 4.78 is 6.94. The van der Waals surface area contributed by atoms with E-state index in [1.807, 2.05) is 26.0 Å². The third kappa shape index (κ3) is 4.22. The molecule has 150 valence electrons. The summed E-state index contributed by atoms with van der Waals surface area (Å²) in [5.74, 6) is -0.465. The van der Waals surface area contributed by atoms with Crippen molar-refractivity contribution in [2.45, 2.75) is 39.5 Å². The molecule has 1 fully saturated rings. The van der Waals surface area contributed by atoms with Crippen molar-refractivity contribution in [2.24, 2.45) is 5.92 Å². The van der Waals surface area contributed by atoms with Crippen LogP contribution in [0.1, 0.15) is 55.6 Å². The smallest absolute Gasteiger partial charge is 0.310 e. The van der Waals surface area contributed by atoms with E-state index in [0.29, 0.717) is 30.3 Å². The van der Waals surface area contributed by atoms with Crippen LogP contribution in [0.5, 0.6) is 0 Å². The quantitative estimate of drug-likeness (QED) is 0.706. The number of carbonyl (C=O) groups is 2. The molecule has 3 rings (SSSR count). The zero-order valence-electron chi connectivity index (χ0n) is 16.5. The van der Waals surface area contributed by atoms with Gasteiger partial charge < -0.3 is 9.64 Å². The second-order valence-corrected chi connectivity index (χ2v) is 7.77. The van der Waals surface area contributed by atoms with Gasteiger partial charge in [-0.2, -0.15) is 5.10 Å². The Hall–Kier alpha value is -2.34. The highest BCUT2D eigenvalue weighted by atomic mass is 35.5. The Morgan fingerprint density at radius 2 is 2.00 bits per heavy atom. The molecule has 1 saturated heterocycles. The summed E-state index contributed by atoms with van der Waals surface area (Å²) in [6, 6.07) is 7.37. The minimum Gasteiger partial charge on any atom is -0.466 e. The molecule has 0 N–H and O–H groups in total. The van der Waals surface area contributed by atoms with E-state index in [0.717, 1.165) is 24.2 Å². The lowest BCUT2D eigenvalue weighted by molar-refractivity contribution is -0.149. The van der Waals surface area contributed by atoms with E-state index >= 15 is 0 Å². The Bertz CT molecular complexity index is 845. The summed E-state index contributed by atoms with van der Waals surface area (Å²) in [6.45, 7) is 7.26. The molecule has 28 heavy (non-hydrogen) atoms. The highest BCUT2D eigenvalue weighted by molar-refractivity contribution is 6.30. The standard InChI is InChI=1S/C21H26ClN3O3/c1-4-28-21(27)15-6-5-11-24(13-15)20(26)18-12-23-25(19(18)14(2)3)17-9-7-16(22)8-10-17/h7-10,12,14-15H,4-6,11,13H2,1-3H3. The zero-order chi connectivity index (χ0) is 20.3. The Labute approximate surface area is 170 Å². The maximum Gasteiger partial charge on any atom is 0.310 e. The molecule has 1 atom stereocenters. The third-order valence-electron chi connectivity index (χ3n) is 4.98. The summed E-state index contributed by atoms with van der Waals surface area (Å²) in [7, 11) is 0. The first-order valence-electron chi connectivity index (χ1n) is 9.72. The van der Waals surface area contributed by atoms with Gasteiger partial charge in [0.25, 0.3) is 5.91 Å². The van der Waals surface area contributed by atoms with Gasteiger partial charge in [-0.3, -0.25) is 9.59 Å². The number of piperidine rings is 1. The topological polar surface area (TPSA) is 64.4 Å². The molecule has 0 radical (unpaired) electrons. The van der Waals surface area contributed by atoms with E-state index in [1.165, 1.54) is 0 Å². The minimum atomic E-state index is -0.258. The van der Waals surface area contributed by atoms with Crippen molar-refractivity contribution in [1.82, 2.24) is 14.7 Å². The first-order valence-corrected chi connectivity index (χ1v) is 10.1. The second-order valence-electron chi connectivity index (χ2n) is 7.33. The number of benzene rings is 1. The molecule has 1 aliphatic rings. The predicted octanol–water partition coefficient (Wildman–Crippen LogP) is 4.06. The first kappa shape index (κ1) is 20.4. The number of hydrogen-bond donors (Lipinski definition) is 0. The molecule has 2 heterocycles. The average Bonchev–Trinajstić information content (AvgIpc) is 3.13. The average molecular weight is 404 g/mol. The van der Waals surface area contributed by atoms with E-state index < -0.39 is 0 Å². The van der Waals surface area contributed by atoms with Gasteiger partial charge in [-0.25, -0.2) is 4.68 Å². The fraction of sp³-hybridized carbons (Fsp3) is 0.476. The number of likely N-dealkylation sites (tertiary alicyclic amines) is 1. The first-order chi connectivity index (χ1) is 13.4. The van der Waals surface area contributed by atoms with E-state index in [-0.39, 0.29) is 23.7 Å². The number of amides is 1. The molecule has 7 heteroatoms. The summed E-state index contributed by atoms with van der Waals surface area (Å²) in [6.07, 6.45) is 3.17. The Morgan fingerprint density at radius 1 is 1.29 bits per heavy atom. The summed E-state index contributed by atoms with van der Waals surface area (Å²) >= 11 is 5.99. The molecular formula is C21H26ClN3O3. The maximum atomic E-state index is 13.2. The number of halogens is 1. The zero-order valence-corrected chi connectivity index (χ0v) is 17.3. The fourth-order valence-corrected chi connectivity index (χ4v) is 3.78. The van der Waals surface area contributed by atoms with Gasteiger partial charge in [0.15, 0.2) is 0 Å². The fourth-order valence-electron chi connectivity index (χ4n) is 3.65. The Balaban J connectivity index is 1.87. The van der Waals surface area contributed by atoms with Crippen molar-refractivity contribution >= 4 is 23.5 Å². The minimum absolute atomic E-state index is 0.0853. The van der Waals surface area contributed by atoms with Gasteiger partial charge in [0.1, 0.15) is 0 Å². The van der Waals surface area contributed by atoms with Crippen molar-refractivity contribution in [2.75, 3.05) is 19.7 Å². The lowest BCUT2D eigenvalue weighted by Crippen LogP contribution is -2.43. The number of hydrogen-bond acceptors (Lipinski definition) is 4. The van der Waals surface area contributed by atoms with Crippen LogP contribution < -0.4 is 0 Å². The SMILES string of the molecule is CCOC(=O)C1CCCN(C(=O)c2cnn(-c3ccc(Cl)cc3)c2C(C)C)C1. The molecule has 1 aromatic carbocycles. The molecule has 1 aromatic heterocycles. The lowest BCUT2D eigenvalue weighted by atomic mass is 9.97. The summed E-state index contributed by atoms with van der Waals surface area (Å²) in [5.41, 5.74) is 2.29. The van der Waals surface area contributed by atoms with Crippen LogP contribution in [0.15, 0.2) is 30.5 Å². The summed E-state index contributed by atoms with van der Waals surface area (Å²) in [5, 5.41) is 5.12. The van der Waals surface area contributed by atoms with Gasteiger partial charge in [-0.05, 0) is 49.9 Å². The molecule has 6 nitrogen and oxygen atoms in total. The molecule has 0 spiro atoms. The molecule has 1 aliphatic heterocycles. The van der Waals surface area contributed by atoms with Crippen LogP contribution in [0.2, 0.25) is 5.02 Å². The van der Waals surface area contributed by atoms with Crippen LogP contribution in [0.3, 0.4) is 0 Å². The second kappa shape index (κ2) is 8.78. The highest BCUT2D eigenvalue weighted by Gasteiger charge is 2.32. The van der Waals surface area contributed by atoms with Crippen molar-refractivity contribution < 1.29 is 14.3 Å². The number of ether oxygens (including phenoxy) is 1. The lowest BCUT2D eigenvalue weighted by Gasteiger charge is -2.31. The van der Waals surface area contributed by atoms with E-state index in [4.69, 9.17) is 16.3 Å². The van der Waals surface area contributed by atoms with Crippen LogP contribution in [0, 0.1) is 5.92 Å².